The monoisotopic (exact) mass is 412 g/mol. The Bertz CT molecular complexity index is 945. The molecule has 1 aliphatic carbocycles. The van der Waals surface area contributed by atoms with Crippen LogP contribution in [-0.4, -0.2) is 41.4 Å². The zero-order chi connectivity index (χ0) is 21.5. The van der Waals surface area contributed by atoms with Gasteiger partial charge < -0.3 is 19.3 Å². The minimum atomic E-state index is -0.981. The fraction of sp³-hybridized carbons (Fsp3) is 0.522. The summed E-state index contributed by atoms with van der Waals surface area (Å²) in [5.74, 6) is -0.568. The maximum absolute atomic E-state index is 12.3. The maximum Gasteiger partial charge on any atom is 0.341 e. The van der Waals surface area contributed by atoms with Crippen molar-refractivity contribution in [3.8, 4) is 0 Å². The molecule has 2 atom stereocenters. The molecule has 0 spiro atoms. The molecule has 0 amide bonds. The molecule has 2 heterocycles. The standard InChI is InChI=1S/C23H28N2O5/c1-4-29-22(28)23(10-11-23)17-5-7-18(8-6-17)25-12-9-16(13-14(25)2)20-19(21(26)27)15(3)24-30-20/h5-8,14,16H,4,9-13H2,1-3H3,(H,26,27). The van der Waals surface area contributed by atoms with Crippen LogP contribution in [0.1, 0.15) is 72.8 Å². The number of esters is 1. The highest BCUT2D eigenvalue weighted by atomic mass is 16.5. The van der Waals surface area contributed by atoms with Crippen LogP contribution in [0.5, 0.6) is 0 Å². The number of aromatic nitrogens is 1. The number of hydrogen-bond donors (Lipinski definition) is 1. The number of anilines is 1. The SMILES string of the molecule is CCOC(=O)C1(c2ccc(N3CCC(c4onc(C)c4C(=O)O)CC3C)cc2)CC1. The number of piperidine rings is 1. The van der Waals surface area contributed by atoms with Crippen LogP contribution in [0.3, 0.4) is 0 Å². The number of carboxylic acid groups (broad SMARTS) is 1. The first-order valence-corrected chi connectivity index (χ1v) is 10.6. The molecule has 1 saturated heterocycles. The summed E-state index contributed by atoms with van der Waals surface area (Å²) >= 11 is 0. The average molecular weight is 412 g/mol. The van der Waals surface area contributed by atoms with Crippen molar-refractivity contribution in [3.05, 3.63) is 46.8 Å². The molecule has 0 bridgehead atoms. The molecule has 1 aliphatic heterocycles. The second-order valence-electron chi connectivity index (χ2n) is 8.43. The number of aryl methyl sites for hydroxylation is 1. The third kappa shape index (κ3) is 3.46. The lowest BCUT2D eigenvalue weighted by atomic mass is 9.87. The Balaban J connectivity index is 1.47. The topological polar surface area (TPSA) is 92.9 Å². The van der Waals surface area contributed by atoms with Crippen LogP contribution in [0.4, 0.5) is 5.69 Å². The molecular weight excluding hydrogens is 384 g/mol. The number of ether oxygens (including phenoxy) is 1. The first-order valence-electron chi connectivity index (χ1n) is 10.6. The number of benzene rings is 1. The largest absolute Gasteiger partial charge is 0.477 e. The van der Waals surface area contributed by atoms with E-state index < -0.39 is 11.4 Å². The first kappa shape index (κ1) is 20.4. The van der Waals surface area contributed by atoms with Gasteiger partial charge in [-0.1, -0.05) is 17.3 Å². The smallest absolute Gasteiger partial charge is 0.341 e. The van der Waals surface area contributed by atoms with Crippen molar-refractivity contribution in [1.29, 1.82) is 0 Å². The van der Waals surface area contributed by atoms with E-state index in [-0.39, 0.29) is 23.5 Å². The van der Waals surface area contributed by atoms with E-state index in [1.54, 1.807) is 6.92 Å². The minimum absolute atomic E-state index is 0.0429. The van der Waals surface area contributed by atoms with Gasteiger partial charge in [0, 0.05) is 24.2 Å². The van der Waals surface area contributed by atoms with Gasteiger partial charge in [-0.05, 0) is 64.2 Å². The van der Waals surface area contributed by atoms with Gasteiger partial charge in [0.05, 0.1) is 17.7 Å². The first-order chi connectivity index (χ1) is 14.4. The Morgan fingerprint density at radius 3 is 2.57 bits per heavy atom. The van der Waals surface area contributed by atoms with E-state index in [1.807, 2.05) is 19.1 Å². The van der Waals surface area contributed by atoms with Gasteiger partial charge in [0.2, 0.25) is 0 Å². The predicted molar refractivity (Wildman–Crippen MR) is 111 cm³/mol. The Morgan fingerprint density at radius 1 is 1.30 bits per heavy atom. The number of hydrogen-bond acceptors (Lipinski definition) is 6. The summed E-state index contributed by atoms with van der Waals surface area (Å²) in [7, 11) is 0. The second kappa shape index (κ2) is 7.78. The van der Waals surface area contributed by atoms with Crippen molar-refractivity contribution in [1.82, 2.24) is 5.16 Å². The molecule has 2 aliphatic rings. The summed E-state index contributed by atoms with van der Waals surface area (Å²) in [6.45, 7) is 6.85. The van der Waals surface area contributed by atoms with Gasteiger partial charge >= 0.3 is 11.9 Å². The average Bonchev–Trinajstić information content (AvgIpc) is 3.44. The zero-order valence-corrected chi connectivity index (χ0v) is 17.7. The lowest BCUT2D eigenvalue weighted by Crippen LogP contribution is -2.40. The Morgan fingerprint density at radius 2 is 2.00 bits per heavy atom. The van der Waals surface area contributed by atoms with Crippen molar-refractivity contribution in [2.24, 2.45) is 0 Å². The van der Waals surface area contributed by atoms with Gasteiger partial charge in [0.15, 0.2) is 5.76 Å². The molecule has 2 fully saturated rings. The fourth-order valence-electron chi connectivity index (χ4n) is 4.70. The summed E-state index contributed by atoms with van der Waals surface area (Å²) in [6, 6.07) is 8.46. The van der Waals surface area contributed by atoms with Crippen LogP contribution in [0.25, 0.3) is 0 Å². The highest BCUT2D eigenvalue weighted by Gasteiger charge is 2.52. The van der Waals surface area contributed by atoms with Crippen molar-refractivity contribution in [2.75, 3.05) is 18.1 Å². The van der Waals surface area contributed by atoms with Crippen LogP contribution in [-0.2, 0) is 14.9 Å². The molecule has 0 radical (unpaired) electrons. The molecule has 1 aromatic heterocycles. The van der Waals surface area contributed by atoms with Gasteiger partial charge in [-0.25, -0.2) is 4.79 Å². The molecule has 2 unspecified atom stereocenters. The van der Waals surface area contributed by atoms with Crippen LogP contribution in [0.15, 0.2) is 28.8 Å². The molecule has 7 nitrogen and oxygen atoms in total. The Hall–Kier alpha value is -2.83. The molecule has 7 heteroatoms. The van der Waals surface area contributed by atoms with Crippen LogP contribution < -0.4 is 4.90 Å². The highest BCUT2D eigenvalue weighted by molar-refractivity contribution is 5.90. The Kier molecular flexibility index (Phi) is 5.30. The molecule has 30 heavy (non-hydrogen) atoms. The van der Waals surface area contributed by atoms with Crippen LogP contribution in [0.2, 0.25) is 0 Å². The van der Waals surface area contributed by atoms with Crippen molar-refractivity contribution >= 4 is 17.6 Å². The summed E-state index contributed by atoms with van der Waals surface area (Å²) in [5.41, 5.74) is 2.31. The van der Waals surface area contributed by atoms with Crippen molar-refractivity contribution < 1.29 is 24.0 Å². The molecule has 4 rings (SSSR count). The van der Waals surface area contributed by atoms with E-state index in [0.29, 0.717) is 18.1 Å². The number of carbonyl (C=O) groups excluding carboxylic acids is 1. The summed E-state index contributed by atoms with van der Waals surface area (Å²) in [5, 5.41) is 13.4. The number of aromatic carboxylic acids is 1. The minimum Gasteiger partial charge on any atom is -0.477 e. The van der Waals surface area contributed by atoms with Crippen molar-refractivity contribution in [2.45, 2.75) is 63.8 Å². The van der Waals surface area contributed by atoms with E-state index in [2.05, 4.69) is 29.1 Å². The van der Waals surface area contributed by atoms with E-state index in [0.717, 1.165) is 43.5 Å². The predicted octanol–water partition coefficient (Wildman–Crippen LogP) is 4.05. The third-order valence-corrected chi connectivity index (χ3v) is 6.52. The summed E-state index contributed by atoms with van der Waals surface area (Å²) in [6.07, 6.45) is 3.28. The maximum atomic E-state index is 12.3. The molecule has 1 aromatic carbocycles. The lowest BCUT2D eigenvalue weighted by Gasteiger charge is -2.38. The molecule has 2 aromatic rings. The Labute approximate surface area is 176 Å². The molecule has 160 valence electrons. The summed E-state index contributed by atoms with van der Waals surface area (Å²) < 4.78 is 10.7. The highest BCUT2D eigenvalue weighted by Crippen LogP contribution is 2.49. The number of carboxylic acids is 1. The molecule has 1 saturated carbocycles. The fourth-order valence-corrected chi connectivity index (χ4v) is 4.70. The van der Waals surface area contributed by atoms with Gasteiger partial charge in [0.1, 0.15) is 5.56 Å². The van der Waals surface area contributed by atoms with Gasteiger partial charge in [-0.15, -0.1) is 0 Å². The summed E-state index contributed by atoms with van der Waals surface area (Å²) in [4.78, 5) is 26.2. The van der Waals surface area contributed by atoms with Crippen molar-refractivity contribution in [3.63, 3.8) is 0 Å². The number of nitrogens with zero attached hydrogens (tertiary/aromatic N) is 2. The molecule has 1 N–H and O–H groups in total. The quantitative estimate of drug-likeness (QED) is 0.716. The zero-order valence-electron chi connectivity index (χ0n) is 17.7. The van der Waals surface area contributed by atoms with Gasteiger partial charge in [-0.2, -0.15) is 0 Å². The molecular formula is C23H28N2O5. The van der Waals surface area contributed by atoms with Gasteiger partial charge in [0.25, 0.3) is 0 Å². The van der Waals surface area contributed by atoms with Gasteiger partial charge in [-0.3, -0.25) is 4.79 Å². The van der Waals surface area contributed by atoms with E-state index in [1.165, 1.54) is 0 Å². The second-order valence-corrected chi connectivity index (χ2v) is 8.43. The lowest BCUT2D eigenvalue weighted by molar-refractivity contribution is -0.146. The van der Waals surface area contributed by atoms with E-state index in [9.17, 15) is 14.7 Å². The third-order valence-electron chi connectivity index (χ3n) is 6.52. The normalized spacial score (nSPS) is 22.6. The van der Waals surface area contributed by atoms with E-state index in [4.69, 9.17) is 9.26 Å². The number of rotatable bonds is 6. The van der Waals surface area contributed by atoms with Crippen LogP contribution in [0, 0.1) is 6.92 Å². The number of carbonyl (C=O) groups is 2. The van der Waals surface area contributed by atoms with E-state index >= 15 is 0 Å². The van der Waals surface area contributed by atoms with Crippen LogP contribution >= 0.6 is 0 Å².